The summed E-state index contributed by atoms with van der Waals surface area (Å²) < 4.78 is 1.02. The Balaban J connectivity index is 2.47. The predicted octanol–water partition coefficient (Wildman–Crippen LogP) is 2.66. The van der Waals surface area contributed by atoms with Crippen LogP contribution in [0.3, 0.4) is 0 Å². The lowest BCUT2D eigenvalue weighted by Gasteiger charge is -2.17. The molecule has 0 aliphatic rings. The van der Waals surface area contributed by atoms with Crippen LogP contribution < -0.4 is 5.32 Å². The SMILES string of the molecule is CC(CO)C(C)NC(=O)/C=C/c1cc(Br)cs1. The first-order valence-electron chi connectivity index (χ1n) is 5.36. The second-order valence-electron chi connectivity index (χ2n) is 3.96. The lowest BCUT2D eigenvalue weighted by molar-refractivity contribution is -0.117. The molecule has 1 aromatic rings. The number of rotatable bonds is 5. The Kier molecular flexibility index (Phi) is 5.88. The Hall–Kier alpha value is -0.650. The van der Waals surface area contributed by atoms with Crippen LogP contribution in [0, 0.1) is 5.92 Å². The van der Waals surface area contributed by atoms with Crippen LogP contribution in [0.15, 0.2) is 22.0 Å². The Morgan fingerprint density at radius 3 is 2.88 bits per heavy atom. The largest absolute Gasteiger partial charge is 0.396 e. The second kappa shape index (κ2) is 6.93. The number of nitrogens with one attached hydrogen (secondary N) is 1. The molecule has 0 aliphatic heterocycles. The van der Waals surface area contributed by atoms with E-state index in [-0.39, 0.29) is 24.5 Å². The molecular formula is C12H16BrNO2S. The summed E-state index contributed by atoms with van der Waals surface area (Å²) in [7, 11) is 0. The van der Waals surface area contributed by atoms with Gasteiger partial charge in [-0.15, -0.1) is 11.3 Å². The molecule has 0 saturated heterocycles. The van der Waals surface area contributed by atoms with Crippen LogP contribution in [0.2, 0.25) is 0 Å². The van der Waals surface area contributed by atoms with Crippen molar-refractivity contribution < 1.29 is 9.90 Å². The average Bonchev–Trinajstić information content (AvgIpc) is 2.71. The summed E-state index contributed by atoms with van der Waals surface area (Å²) in [5.41, 5.74) is 0. The zero-order valence-corrected chi connectivity index (χ0v) is 12.2. The van der Waals surface area contributed by atoms with Gasteiger partial charge in [0.2, 0.25) is 5.91 Å². The van der Waals surface area contributed by atoms with E-state index in [1.807, 2.05) is 25.3 Å². The Bertz CT molecular complexity index is 403. The van der Waals surface area contributed by atoms with E-state index in [2.05, 4.69) is 21.2 Å². The Morgan fingerprint density at radius 1 is 1.65 bits per heavy atom. The van der Waals surface area contributed by atoms with Crippen LogP contribution in [-0.4, -0.2) is 23.7 Å². The molecule has 17 heavy (non-hydrogen) atoms. The number of aliphatic hydroxyl groups is 1. The van der Waals surface area contributed by atoms with E-state index in [4.69, 9.17) is 5.11 Å². The first-order valence-corrected chi connectivity index (χ1v) is 7.03. The average molecular weight is 318 g/mol. The molecule has 0 radical (unpaired) electrons. The summed E-state index contributed by atoms with van der Waals surface area (Å²) in [6.45, 7) is 3.85. The molecule has 94 valence electrons. The zero-order chi connectivity index (χ0) is 12.8. The van der Waals surface area contributed by atoms with E-state index in [1.54, 1.807) is 17.4 Å². The van der Waals surface area contributed by atoms with Gasteiger partial charge in [-0.2, -0.15) is 0 Å². The van der Waals surface area contributed by atoms with E-state index >= 15 is 0 Å². The molecule has 0 fully saturated rings. The van der Waals surface area contributed by atoms with Crippen LogP contribution >= 0.6 is 27.3 Å². The van der Waals surface area contributed by atoms with Crippen LogP contribution in [0.25, 0.3) is 6.08 Å². The molecule has 0 aliphatic carbocycles. The highest BCUT2D eigenvalue weighted by Crippen LogP contribution is 2.20. The van der Waals surface area contributed by atoms with Crippen molar-refractivity contribution in [1.29, 1.82) is 0 Å². The molecule has 3 nitrogen and oxygen atoms in total. The minimum atomic E-state index is -0.137. The van der Waals surface area contributed by atoms with Gasteiger partial charge in [0.1, 0.15) is 0 Å². The van der Waals surface area contributed by atoms with Gasteiger partial charge < -0.3 is 10.4 Å². The molecule has 0 bridgehead atoms. The predicted molar refractivity (Wildman–Crippen MR) is 74.9 cm³/mol. The summed E-state index contributed by atoms with van der Waals surface area (Å²) in [5.74, 6) is -0.0782. The van der Waals surface area contributed by atoms with Gasteiger partial charge in [0.15, 0.2) is 0 Å². The minimum absolute atomic E-state index is 0.0350. The van der Waals surface area contributed by atoms with Crippen molar-refractivity contribution in [3.8, 4) is 0 Å². The van der Waals surface area contributed by atoms with Gasteiger partial charge in [0, 0.05) is 33.5 Å². The molecule has 0 saturated carbocycles. The summed E-state index contributed by atoms with van der Waals surface area (Å²) in [6, 6.07) is 1.92. The third kappa shape index (κ3) is 5.02. The van der Waals surface area contributed by atoms with Crippen molar-refractivity contribution in [3.63, 3.8) is 0 Å². The fraction of sp³-hybridized carbons (Fsp3) is 0.417. The highest BCUT2D eigenvalue weighted by molar-refractivity contribution is 9.10. The molecule has 2 atom stereocenters. The molecule has 1 amide bonds. The van der Waals surface area contributed by atoms with E-state index in [9.17, 15) is 4.79 Å². The first-order chi connectivity index (χ1) is 8.02. The Morgan fingerprint density at radius 2 is 2.35 bits per heavy atom. The molecule has 1 heterocycles. The fourth-order valence-corrected chi connectivity index (χ4v) is 2.48. The number of thiophene rings is 1. The number of carbonyl (C=O) groups excluding carboxylic acids is 1. The lowest BCUT2D eigenvalue weighted by Crippen LogP contribution is -2.37. The molecule has 0 spiro atoms. The molecule has 5 heteroatoms. The number of carbonyl (C=O) groups is 1. The number of hydrogen-bond acceptors (Lipinski definition) is 3. The third-order valence-corrected chi connectivity index (χ3v) is 4.16. The summed E-state index contributed by atoms with van der Waals surface area (Å²) >= 11 is 4.92. The van der Waals surface area contributed by atoms with Crippen molar-refractivity contribution in [2.75, 3.05) is 6.61 Å². The highest BCUT2D eigenvalue weighted by atomic mass is 79.9. The van der Waals surface area contributed by atoms with Crippen LogP contribution in [0.1, 0.15) is 18.7 Å². The van der Waals surface area contributed by atoms with Crippen molar-refractivity contribution >= 4 is 39.2 Å². The van der Waals surface area contributed by atoms with Crippen LogP contribution in [-0.2, 0) is 4.79 Å². The fourth-order valence-electron chi connectivity index (χ4n) is 1.15. The van der Waals surface area contributed by atoms with Gasteiger partial charge in [-0.1, -0.05) is 6.92 Å². The normalized spacial score (nSPS) is 14.8. The second-order valence-corrected chi connectivity index (χ2v) is 5.82. The van der Waals surface area contributed by atoms with Crippen molar-refractivity contribution in [2.24, 2.45) is 5.92 Å². The van der Waals surface area contributed by atoms with Gasteiger partial charge in [0.25, 0.3) is 0 Å². The van der Waals surface area contributed by atoms with E-state index in [1.165, 1.54) is 6.08 Å². The number of amides is 1. The van der Waals surface area contributed by atoms with Crippen molar-refractivity contribution in [2.45, 2.75) is 19.9 Å². The standard InChI is InChI=1S/C12H16BrNO2S/c1-8(6-15)9(2)14-12(16)4-3-11-5-10(13)7-17-11/h3-5,7-9,15H,6H2,1-2H3,(H,14,16)/b4-3+. The Labute approximate surface area is 114 Å². The first kappa shape index (κ1) is 14.4. The van der Waals surface area contributed by atoms with E-state index < -0.39 is 0 Å². The maximum Gasteiger partial charge on any atom is 0.244 e. The zero-order valence-electron chi connectivity index (χ0n) is 9.81. The topological polar surface area (TPSA) is 49.3 Å². The molecule has 1 rings (SSSR count). The summed E-state index contributed by atoms with van der Waals surface area (Å²) in [6.07, 6.45) is 3.29. The molecule has 2 unspecified atom stereocenters. The van der Waals surface area contributed by atoms with Gasteiger partial charge in [-0.05, 0) is 40.9 Å². The third-order valence-electron chi connectivity index (χ3n) is 2.50. The molecular weight excluding hydrogens is 302 g/mol. The number of aliphatic hydroxyl groups excluding tert-OH is 1. The molecule has 0 aromatic carbocycles. The molecule has 1 aromatic heterocycles. The monoisotopic (exact) mass is 317 g/mol. The maximum absolute atomic E-state index is 11.6. The van der Waals surface area contributed by atoms with Gasteiger partial charge >= 0.3 is 0 Å². The molecule has 2 N–H and O–H groups in total. The van der Waals surface area contributed by atoms with Crippen LogP contribution in [0.4, 0.5) is 0 Å². The lowest BCUT2D eigenvalue weighted by atomic mass is 10.1. The van der Waals surface area contributed by atoms with Gasteiger partial charge in [0.05, 0.1) is 0 Å². The van der Waals surface area contributed by atoms with Gasteiger partial charge in [-0.25, -0.2) is 0 Å². The number of hydrogen-bond donors (Lipinski definition) is 2. The maximum atomic E-state index is 11.6. The van der Waals surface area contributed by atoms with Gasteiger partial charge in [-0.3, -0.25) is 4.79 Å². The van der Waals surface area contributed by atoms with Crippen molar-refractivity contribution in [1.82, 2.24) is 5.32 Å². The summed E-state index contributed by atoms with van der Waals surface area (Å²) in [4.78, 5) is 12.6. The van der Waals surface area contributed by atoms with Crippen molar-refractivity contribution in [3.05, 3.63) is 26.9 Å². The smallest absolute Gasteiger partial charge is 0.244 e. The quantitative estimate of drug-likeness (QED) is 0.820. The van der Waals surface area contributed by atoms with E-state index in [0.29, 0.717) is 0 Å². The highest BCUT2D eigenvalue weighted by Gasteiger charge is 2.11. The minimum Gasteiger partial charge on any atom is -0.396 e. The van der Waals surface area contributed by atoms with E-state index in [0.717, 1.165) is 9.35 Å². The van der Waals surface area contributed by atoms with Crippen LogP contribution in [0.5, 0.6) is 0 Å². The summed E-state index contributed by atoms with van der Waals surface area (Å²) in [5, 5.41) is 13.7. The number of halogens is 1.